The van der Waals surface area contributed by atoms with Gasteiger partial charge in [0.2, 0.25) is 0 Å². The van der Waals surface area contributed by atoms with Gasteiger partial charge in [0.25, 0.3) is 0 Å². The fourth-order valence-electron chi connectivity index (χ4n) is 3.51. The Labute approximate surface area is 175 Å². The van der Waals surface area contributed by atoms with E-state index in [0.717, 1.165) is 54.4 Å². The van der Waals surface area contributed by atoms with Crippen molar-refractivity contribution in [3.05, 3.63) is 59.1 Å². The summed E-state index contributed by atoms with van der Waals surface area (Å²) in [6, 6.07) is 15.3. The van der Waals surface area contributed by atoms with Crippen LogP contribution in [0.2, 0.25) is 5.02 Å². The van der Waals surface area contributed by atoms with Crippen molar-refractivity contribution in [1.82, 2.24) is 15.1 Å². The summed E-state index contributed by atoms with van der Waals surface area (Å²) in [6.07, 6.45) is 0. The predicted molar refractivity (Wildman–Crippen MR) is 116 cm³/mol. The number of likely N-dealkylation sites (N-methyl/N-ethyl adjacent to an activating group) is 1. The zero-order valence-corrected chi connectivity index (χ0v) is 17.2. The fourth-order valence-corrected chi connectivity index (χ4v) is 3.79. The highest BCUT2D eigenvalue weighted by Gasteiger charge is 2.16. The minimum absolute atomic E-state index is 0.370. The lowest BCUT2D eigenvalue weighted by Crippen LogP contribution is -2.44. The SMILES string of the molecule is COC(=O)c1cccc(-c2cc(-c3ccc(N4CCN(C)CC4)cc3Cl)[nH]n2)c1. The Morgan fingerprint density at radius 2 is 1.90 bits per heavy atom. The molecule has 0 amide bonds. The number of rotatable bonds is 4. The Bertz CT molecular complexity index is 1030. The molecular formula is C22H23ClN4O2. The Morgan fingerprint density at radius 3 is 2.62 bits per heavy atom. The minimum Gasteiger partial charge on any atom is -0.465 e. The molecule has 0 aliphatic carbocycles. The van der Waals surface area contributed by atoms with Crippen LogP contribution in [0.25, 0.3) is 22.5 Å². The van der Waals surface area contributed by atoms with Crippen LogP contribution in [0.1, 0.15) is 10.4 Å². The molecule has 1 N–H and O–H groups in total. The second-order valence-electron chi connectivity index (χ2n) is 7.19. The van der Waals surface area contributed by atoms with E-state index < -0.39 is 0 Å². The summed E-state index contributed by atoms with van der Waals surface area (Å²) in [5.41, 5.74) is 4.93. The monoisotopic (exact) mass is 410 g/mol. The first-order chi connectivity index (χ1) is 14.0. The van der Waals surface area contributed by atoms with Crippen molar-refractivity contribution in [3.63, 3.8) is 0 Å². The van der Waals surface area contributed by atoms with Crippen molar-refractivity contribution in [3.8, 4) is 22.5 Å². The number of anilines is 1. The third kappa shape index (κ3) is 4.13. The van der Waals surface area contributed by atoms with Gasteiger partial charge >= 0.3 is 5.97 Å². The van der Waals surface area contributed by atoms with Crippen molar-refractivity contribution in [1.29, 1.82) is 0 Å². The van der Waals surface area contributed by atoms with Gasteiger partial charge in [-0.15, -0.1) is 0 Å². The van der Waals surface area contributed by atoms with Crippen molar-refractivity contribution < 1.29 is 9.53 Å². The van der Waals surface area contributed by atoms with Gasteiger partial charge in [-0.3, -0.25) is 5.10 Å². The van der Waals surface area contributed by atoms with Crippen LogP contribution in [-0.4, -0.2) is 61.4 Å². The predicted octanol–water partition coefficient (Wildman–Crippen LogP) is 3.94. The summed E-state index contributed by atoms with van der Waals surface area (Å²) >= 11 is 6.61. The molecule has 0 spiro atoms. The molecule has 1 saturated heterocycles. The van der Waals surface area contributed by atoms with E-state index in [-0.39, 0.29) is 5.97 Å². The summed E-state index contributed by atoms with van der Waals surface area (Å²) in [6.45, 7) is 4.09. The van der Waals surface area contributed by atoms with E-state index in [0.29, 0.717) is 10.6 Å². The Morgan fingerprint density at radius 1 is 1.10 bits per heavy atom. The van der Waals surface area contributed by atoms with E-state index in [9.17, 15) is 4.79 Å². The van der Waals surface area contributed by atoms with Gasteiger partial charge in [-0.25, -0.2) is 4.79 Å². The molecule has 0 radical (unpaired) electrons. The van der Waals surface area contributed by atoms with E-state index in [4.69, 9.17) is 16.3 Å². The first-order valence-corrected chi connectivity index (χ1v) is 9.90. The summed E-state index contributed by atoms with van der Waals surface area (Å²) in [7, 11) is 3.51. The average Bonchev–Trinajstić information content (AvgIpc) is 3.23. The Hall–Kier alpha value is -2.83. The number of nitrogens with zero attached hydrogens (tertiary/aromatic N) is 3. The average molecular weight is 411 g/mol. The van der Waals surface area contributed by atoms with Crippen LogP contribution in [0.4, 0.5) is 5.69 Å². The number of piperazine rings is 1. The normalized spacial score (nSPS) is 14.8. The highest BCUT2D eigenvalue weighted by molar-refractivity contribution is 6.33. The van der Waals surface area contributed by atoms with Gasteiger partial charge in [-0.1, -0.05) is 23.7 Å². The molecule has 2 heterocycles. The number of H-pyrrole nitrogens is 1. The van der Waals surface area contributed by atoms with E-state index in [2.05, 4.69) is 33.1 Å². The number of ether oxygens (including phenoxy) is 1. The van der Waals surface area contributed by atoms with E-state index in [1.807, 2.05) is 30.3 Å². The maximum absolute atomic E-state index is 11.8. The molecule has 150 valence electrons. The van der Waals surface area contributed by atoms with Crippen LogP contribution in [-0.2, 0) is 4.74 Å². The van der Waals surface area contributed by atoms with E-state index in [1.54, 1.807) is 12.1 Å². The minimum atomic E-state index is -0.370. The summed E-state index contributed by atoms with van der Waals surface area (Å²) in [4.78, 5) is 16.5. The number of hydrogen-bond donors (Lipinski definition) is 1. The first-order valence-electron chi connectivity index (χ1n) is 9.53. The van der Waals surface area contributed by atoms with Crippen LogP contribution in [0.15, 0.2) is 48.5 Å². The lowest BCUT2D eigenvalue weighted by molar-refractivity contribution is 0.0601. The van der Waals surface area contributed by atoms with Crippen molar-refractivity contribution >= 4 is 23.3 Å². The summed E-state index contributed by atoms with van der Waals surface area (Å²) < 4.78 is 4.79. The number of carbonyl (C=O) groups excluding carboxylic acids is 1. The molecule has 3 aromatic rings. The van der Waals surface area contributed by atoms with Gasteiger partial charge in [0.05, 0.1) is 29.1 Å². The molecule has 1 aromatic heterocycles. The lowest BCUT2D eigenvalue weighted by atomic mass is 10.1. The standard InChI is InChI=1S/C22H23ClN4O2/c1-26-8-10-27(11-9-26)17-6-7-18(19(23)13-17)21-14-20(24-25-21)15-4-3-5-16(12-15)22(28)29-2/h3-7,12-14H,8-11H2,1-2H3,(H,24,25). The van der Waals surface area contributed by atoms with Gasteiger partial charge in [0, 0.05) is 43.0 Å². The number of halogens is 1. The number of nitrogens with one attached hydrogen (secondary N) is 1. The lowest BCUT2D eigenvalue weighted by Gasteiger charge is -2.34. The Balaban J connectivity index is 1.57. The molecular weight excluding hydrogens is 388 g/mol. The van der Waals surface area contributed by atoms with Gasteiger partial charge in [0.15, 0.2) is 0 Å². The summed E-state index contributed by atoms with van der Waals surface area (Å²) in [5.74, 6) is -0.370. The smallest absolute Gasteiger partial charge is 0.337 e. The molecule has 1 aliphatic rings. The molecule has 7 heteroatoms. The molecule has 6 nitrogen and oxygen atoms in total. The number of carbonyl (C=O) groups is 1. The van der Waals surface area contributed by atoms with Gasteiger partial charge in [-0.05, 0) is 43.4 Å². The molecule has 0 atom stereocenters. The topological polar surface area (TPSA) is 61.5 Å². The zero-order chi connectivity index (χ0) is 20.4. The van der Waals surface area contributed by atoms with E-state index in [1.165, 1.54) is 7.11 Å². The highest BCUT2D eigenvalue weighted by atomic mass is 35.5. The Kier molecular flexibility index (Phi) is 5.56. The maximum Gasteiger partial charge on any atom is 0.337 e. The van der Waals surface area contributed by atoms with Crippen molar-refractivity contribution in [2.45, 2.75) is 0 Å². The molecule has 1 aliphatic heterocycles. The quantitative estimate of drug-likeness (QED) is 0.660. The van der Waals surface area contributed by atoms with Crippen LogP contribution in [0.3, 0.4) is 0 Å². The first kappa shape index (κ1) is 19.5. The second kappa shape index (κ2) is 8.27. The molecule has 0 unspecified atom stereocenters. The van der Waals surface area contributed by atoms with Gasteiger partial charge in [0.1, 0.15) is 0 Å². The van der Waals surface area contributed by atoms with E-state index >= 15 is 0 Å². The van der Waals surface area contributed by atoms with Crippen LogP contribution < -0.4 is 4.90 Å². The number of hydrogen-bond acceptors (Lipinski definition) is 5. The number of methoxy groups -OCH3 is 1. The van der Waals surface area contributed by atoms with Crippen LogP contribution in [0, 0.1) is 0 Å². The number of aromatic nitrogens is 2. The molecule has 29 heavy (non-hydrogen) atoms. The second-order valence-corrected chi connectivity index (χ2v) is 7.60. The van der Waals surface area contributed by atoms with Crippen molar-refractivity contribution in [2.75, 3.05) is 45.2 Å². The zero-order valence-electron chi connectivity index (χ0n) is 16.5. The maximum atomic E-state index is 11.8. The van der Waals surface area contributed by atoms with Gasteiger partial charge < -0.3 is 14.5 Å². The number of esters is 1. The molecule has 2 aromatic carbocycles. The summed E-state index contributed by atoms with van der Waals surface area (Å²) in [5, 5.41) is 8.14. The third-order valence-electron chi connectivity index (χ3n) is 5.27. The largest absolute Gasteiger partial charge is 0.465 e. The molecule has 4 rings (SSSR count). The van der Waals surface area contributed by atoms with Crippen LogP contribution >= 0.6 is 11.6 Å². The molecule has 0 bridgehead atoms. The number of aromatic amines is 1. The number of benzene rings is 2. The van der Waals surface area contributed by atoms with Gasteiger partial charge in [-0.2, -0.15) is 5.10 Å². The van der Waals surface area contributed by atoms with Crippen molar-refractivity contribution in [2.24, 2.45) is 0 Å². The highest BCUT2D eigenvalue weighted by Crippen LogP contribution is 2.33. The third-order valence-corrected chi connectivity index (χ3v) is 5.58. The van der Waals surface area contributed by atoms with Crippen LogP contribution in [0.5, 0.6) is 0 Å². The molecule has 0 saturated carbocycles. The fraction of sp³-hybridized carbons (Fsp3) is 0.273. The molecule has 1 fully saturated rings.